The van der Waals surface area contributed by atoms with E-state index in [2.05, 4.69) is 15.1 Å². The quantitative estimate of drug-likeness (QED) is 0.629. The van der Waals surface area contributed by atoms with Crippen LogP contribution in [0, 0.1) is 13.8 Å². The number of aryl methyl sites for hydroxylation is 1. The van der Waals surface area contributed by atoms with Crippen LogP contribution in [0.15, 0.2) is 4.90 Å². The second kappa shape index (κ2) is 7.72. The number of nitrogens with one attached hydrogen (secondary N) is 2. The topological polar surface area (TPSA) is 85.2 Å². The number of nitrogens with zero attached hydrogens (tertiary/aromatic N) is 2. The summed E-state index contributed by atoms with van der Waals surface area (Å²) in [5.74, 6) is 0. The van der Waals surface area contributed by atoms with Gasteiger partial charge in [-0.05, 0) is 20.4 Å². The third-order valence-corrected chi connectivity index (χ3v) is 4.64. The minimum absolute atomic E-state index is 0.250. The van der Waals surface area contributed by atoms with E-state index in [1.54, 1.807) is 18.5 Å². The summed E-state index contributed by atoms with van der Waals surface area (Å²) >= 11 is 0. The average Bonchev–Trinajstić information content (AvgIpc) is 2.65. The molecule has 0 aliphatic heterocycles. The van der Waals surface area contributed by atoms with Crippen molar-refractivity contribution in [1.29, 1.82) is 0 Å². The first-order valence-electron chi connectivity index (χ1n) is 6.67. The third kappa shape index (κ3) is 4.27. The molecule has 0 fully saturated rings. The van der Waals surface area contributed by atoms with Crippen molar-refractivity contribution in [2.75, 3.05) is 33.4 Å². The number of sulfonamides is 1. The first-order valence-corrected chi connectivity index (χ1v) is 8.15. The Bertz CT molecular complexity index is 525. The number of methoxy groups -OCH3 is 1. The molecule has 0 aromatic carbocycles. The molecule has 0 aliphatic carbocycles. The monoisotopic (exact) mass is 304 g/mol. The van der Waals surface area contributed by atoms with Gasteiger partial charge in [0.2, 0.25) is 10.0 Å². The maximum absolute atomic E-state index is 12.3. The molecule has 0 amide bonds. The highest BCUT2D eigenvalue weighted by Gasteiger charge is 2.23. The van der Waals surface area contributed by atoms with Gasteiger partial charge in [-0.15, -0.1) is 0 Å². The highest BCUT2D eigenvalue weighted by Crippen LogP contribution is 2.18. The van der Waals surface area contributed by atoms with E-state index in [1.165, 1.54) is 7.11 Å². The Morgan fingerprint density at radius 1 is 1.30 bits per heavy atom. The minimum Gasteiger partial charge on any atom is -0.383 e. The van der Waals surface area contributed by atoms with E-state index in [1.807, 2.05) is 6.92 Å². The molecule has 0 saturated heterocycles. The van der Waals surface area contributed by atoms with Crippen molar-refractivity contribution < 1.29 is 13.2 Å². The zero-order valence-corrected chi connectivity index (χ0v) is 13.4. The minimum atomic E-state index is -3.54. The standard InChI is InChI=1S/C12H24N4O3S/c1-5-13-6-8-16-11(3)12(10(2)15-16)20(17,18)14-7-9-19-4/h13-14H,5-9H2,1-4H3. The van der Waals surface area contributed by atoms with Crippen LogP contribution in [0.5, 0.6) is 0 Å². The lowest BCUT2D eigenvalue weighted by atomic mass is 10.4. The van der Waals surface area contributed by atoms with Gasteiger partial charge >= 0.3 is 0 Å². The first kappa shape index (κ1) is 17.1. The van der Waals surface area contributed by atoms with Gasteiger partial charge in [0.05, 0.1) is 24.5 Å². The number of rotatable bonds is 9. The fourth-order valence-corrected chi connectivity index (χ4v) is 3.42. The van der Waals surface area contributed by atoms with Crippen molar-refractivity contribution in [3.63, 3.8) is 0 Å². The lowest BCUT2D eigenvalue weighted by Crippen LogP contribution is -2.28. The number of ether oxygens (including phenoxy) is 1. The van der Waals surface area contributed by atoms with Crippen LogP contribution in [0.4, 0.5) is 0 Å². The number of hydrogen-bond donors (Lipinski definition) is 2. The van der Waals surface area contributed by atoms with Gasteiger partial charge < -0.3 is 10.1 Å². The molecule has 8 heteroatoms. The lowest BCUT2D eigenvalue weighted by Gasteiger charge is -2.08. The molecular weight excluding hydrogens is 280 g/mol. The highest BCUT2D eigenvalue weighted by molar-refractivity contribution is 7.89. The SMILES string of the molecule is CCNCCn1nc(C)c(S(=O)(=O)NCCOC)c1C. The van der Waals surface area contributed by atoms with Crippen LogP contribution in [0.25, 0.3) is 0 Å². The number of hydrogen-bond acceptors (Lipinski definition) is 5. The van der Waals surface area contributed by atoms with E-state index in [9.17, 15) is 8.42 Å². The molecule has 0 bridgehead atoms. The Balaban J connectivity index is 2.89. The molecule has 116 valence electrons. The summed E-state index contributed by atoms with van der Waals surface area (Å²) in [6.07, 6.45) is 0. The Kier molecular flexibility index (Phi) is 6.60. The van der Waals surface area contributed by atoms with Gasteiger partial charge in [0, 0.05) is 20.2 Å². The molecule has 1 aromatic heterocycles. The van der Waals surface area contributed by atoms with Crippen molar-refractivity contribution >= 4 is 10.0 Å². The van der Waals surface area contributed by atoms with Gasteiger partial charge in [0.25, 0.3) is 0 Å². The van der Waals surface area contributed by atoms with E-state index in [4.69, 9.17) is 4.74 Å². The van der Waals surface area contributed by atoms with Crippen LogP contribution in [0.3, 0.4) is 0 Å². The summed E-state index contributed by atoms with van der Waals surface area (Å²) in [5, 5.41) is 7.49. The van der Waals surface area contributed by atoms with E-state index < -0.39 is 10.0 Å². The van der Waals surface area contributed by atoms with E-state index in [-0.39, 0.29) is 11.4 Å². The van der Waals surface area contributed by atoms with Gasteiger partial charge in [-0.25, -0.2) is 13.1 Å². The summed E-state index contributed by atoms with van der Waals surface area (Å²) in [7, 11) is -2.01. The zero-order chi connectivity index (χ0) is 15.2. The van der Waals surface area contributed by atoms with Crippen LogP contribution in [0.2, 0.25) is 0 Å². The van der Waals surface area contributed by atoms with E-state index in [0.717, 1.165) is 13.1 Å². The van der Waals surface area contributed by atoms with Crippen LogP contribution in [-0.4, -0.2) is 51.5 Å². The van der Waals surface area contributed by atoms with Crippen molar-refractivity contribution in [2.45, 2.75) is 32.2 Å². The highest BCUT2D eigenvalue weighted by atomic mass is 32.2. The first-order chi connectivity index (χ1) is 9.44. The average molecular weight is 304 g/mol. The molecule has 0 unspecified atom stereocenters. The van der Waals surface area contributed by atoms with Crippen molar-refractivity contribution in [3.8, 4) is 0 Å². The number of aromatic nitrogens is 2. The van der Waals surface area contributed by atoms with Crippen molar-refractivity contribution in [1.82, 2.24) is 19.8 Å². The van der Waals surface area contributed by atoms with Crippen LogP contribution in [0.1, 0.15) is 18.3 Å². The maximum atomic E-state index is 12.3. The summed E-state index contributed by atoms with van der Waals surface area (Å²) < 4.78 is 33.6. The van der Waals surface area contributed by atoms with Gasteiger partial charge in [0.1, 0.15) is 4.90 Å². The zero-order valence-electron chi connectivity index (χ0n) is 12.6. The largest absolute Gasteiger partial charge is 0.383 e. The molecule has 1 rings (SSSR count). The predicted molar refractivity (Wildman–Crippen MR) is 77.3 cm³/mol. The van der Waals surface area contributed by atoms with Crippen molar-refractivity contribution in [3.05, 3.63) is 11.4 Å². The molecule has 0 saturated carbocycles. The second-order valence-corrected chi connectivity index (χ2v) is 6.17. The van der Waals surface area contributed by atoms with Crippen LogP contribution in [-0.2, 0) is 21.3 Å². The van der Waals surface area contributed by atoms with E-state index in [0.29, 0.717) is 24.5 Å². The van der Waals surface area contributed by atoms with Crippen LogP contribution >= 0.6 is 0 Å². The molecule has 1 heterocycles. The molecule has 0 spiro atoms. The molecule has 20 heavy (non-hydrogen) atoms. The third-order valence-electron chi connectivity index (χ3n) is 2.93. The molecular formula is C12H24N4O3S. The molecule has 1 aromatic rings. The summed E-state index contributed by atoms with van der Waals surface area (Å²) in [6.45, 7) is 8.38. The summed E-state index contributed by atoms with van der Waals surface area (Å²) in [5.41, 5.74) is 1.18. The fourth-order valence-electron chi connectivity index (χ4n) is 2.00. The fraction of sp³-hybridized carbons (Fsp3) is 0.750. The Morgan fingerprint density at radius 3 is 2.60 bits per heavy atom. The molecule has 0 aliphatic rings. The van der Waals surface area contributed by atoms with Gasteiger partial charge in [0.15, 0.2) is 0 Å². The van der Waals surface area contributed by atoms with Gasteiger partial charge in [-0.1, -0.05) is 6.92 Å². The van der Waals surface area contributed by atoms with Gasteiger partial charge in [-0.3, -0.25) is 4.68 Å². The predicted octanol–water partition coefficient (Wildman–Crippen LogP) is 0.0341. The summed E-state index contributed by atoms with van der Waals surface area (Å²) in [6, 6.07) is 0. The molecule has 0 atom stereocenters. The normalized spacial score (nSPS) is 12.0. The Labute approximate surface area is 120 Å². The van der Waals surface area contributed by atoms with Crippen molar-refractivity contribution in [2.24, 2.45) is 0 Å². The van der Waals surface area contributed by atoms with E-state index >= 15 is 0 Å². The summed E-state index contributed by atoms with van der Waals surface area (Å²) in [4.78, 5) is 0.269. The van der Waals surface area contributed by atoms with Gasteiger partial charge in [-0.2, -0.15) is 5.10 Å². The lowest BCUT2D eigenvalue weighted by molar-refractivity contribution is 0.204. The molecule has 0 radical (unpaired) electrons. The number of likely N-dealkylation sites (N-methyl/N-ethyl adjacent to an activating group) is 1. The Morgan fingerprint density at radius 2 is 2.00 bits per heavy atom. The molecule has 7 nitrogen and oxygen atoms in total. The maximum Gasteiger partial charge on any atom is 0.244 e. The second-order valence-electron chi connectivity index (χ2n) is 4.47. The smallest absolute Gasteiger partial charge is 0.244 e. The Hall–Kier alpha value is -0.960. The molecule has 2 N–H and O–H groups in total. The van der Waals surface area contributed by atoms with Crippen LogP contribution < -0.4 is 10.0 Å².